The molecule has 1 aromatic carbocycles. The Morgan fingerprint density at radius 1 is 1.20 bits per heavy atom. The Hall–Kier alpha value is -2.97. The van der Waals surface area contributed by atoms with Gasteiger partial charge in [-0.1, -0.05) is 19.1 Å². The summed E-state index contributed by atoms with van der Waals surface area (Å²) in [4.78, 5) is 48.9. The number of nitrogens with zero attached hydrogens (tertiary/aromatic N) is 1. The zero-order chi connectivity index (χ0) is 18.6. The Morgan fingerprint density at radius 2 is 1.84 bits per heavy atom. The Balaban J connectivity index is 2.19. The summed E-state index contributed by atoms with van der Waals surface area (Å²) in [5, 5.41) is 6.97. The van der Waals surface area contributed by atoms with Gasteiger partial charge in [-0.05, 0) is 31.0 Å². The van der Waals surface area contributed by atoms with Crippen molar-refractivity contribution in [2.45, 2.75) is 25.8 Å². The Labute approximate surface area is 143 Å². The maximum absolute atomic E-state index is 13.1. The molecule has 8 nitrogen and oxygen atoms in total. The largest absolute Gasteiger partial charge is 0.338 e. The number of carbonyl (C=O) groups excluding carboxylic acids is 4. The molecule has 134 valence electrons. The number of hydrogen-bond donors (Lipinski definition) is 3. The molecule has 1 aliphatic heterocycles. The lowest BCUT2D eigenvalue weighted by Gasteiger charge is -2.25. The third-order valence-electron chi connectivity index (χ3n) is 3.94. The van der Waals surface area contributed by atoms with Gasteiger partial charge in [-0.3, -0.25) is 19.8 Å². The Kier molecular flexibility index (Phi) is 5.35. The van der Waals surface area contributed by atoms with Crippen LogP contribution in [-0.2, 0) is 15.1 Å². The molecule has 6 amide bonds. The van der Waals surface area contributed by atoms with Crippen LogP contribution in [0.15, 0.2) is 24.3 Å². The second kappa shape index (κ2) is 7.29. The molecule has 25 heavy (non-hydrogen) atoms. The van der Waals surface area contributed by atoms with Gasteiger partial charge in [0.2, 0.25) is 5.91 Å². The van der Waals surface area contributed by atoms with Crippen molar-refractivity contribution in [2.75, 3.05) is 13.1 Å². The number of benzene rings is 1. The van der Waals surface area contributed by atoms with Gasteiger partial charge in [0.15, 0.2) is 0 Å². The van der Waals surface area contributed by atoms with Crippen molar-refractivity contribution in [3.05, 3.63) is 35.6 Å². The van der Waals surface area contributed by atoms with E-state index in [0.717, 1.165) is 4.90 Å². The molecule has 2 rings (SSSR count). The molecular formula is C16H19FN4O4. The zero-order valence-electron chi connectivity index (χ0n) is 13.9. The molecular weight excluding hydrogens is 331 g/mol. The van der Waals surface area contributed by atoms with Crippen LogP contribution in [0.3, 0.4) is 0 Å². The normalized spacial score (nSPS) is 19.6. The molecule has 9 heteroatoms. The summed E-state index contributed by atoms with van der Waals surface area (Å²) in [6, 6.07) is 3.75. The van der Waals surface area contributed by atoms with E-state index < -0.39 is 41.8 Å². The second-order valence-corrected chi connectivity index (χ2v) is 5.49. The molecule has 1 heterocycles. The predicted octanol–water partition coefficient (Wildman–Crippen LogP) is 0.828. The van der Waals surface area contributed by atoms with Gasteiger partial charge < -0.3 is 10.6 Å². The van der Waals surface area contributed by atoms with Crippen LogP contribution >= 0.6 is 0 Å². The SMILES string of the molecule is CCNC(=O)NC(=O)CN1C(=O)NC(CC)(c2ccc(F)cc2)C1=O. The number of hydrogen-bond acceptors (Lipinski definition) is 4. The third kappa shape index (κ3) is 3.59. The van der Waals surface area contributed by atoms with Crippen molar-refractivity contribution in [2.24, 2.45) is 0 Å². The van der Waals surface area contributed by atoms with Crippen LogP contribution in [0.25, 0.3) is 0 Å². The fourth-order valence-corrected chi connectivity index (χ4v) is 2.66. The van der Waals surface area contributed by atoms with Gasteiger partial charge in [-0.2, -0.15) is 0 Å². The summed E-state index contributed by atoms with van der Waals surface area (Å²) in [6.45, 7) is 3.11. The number of imide groups is 2. The van der Waals surface area contributed by atoms with Gasteiger partial charge in [0.25, 0.3) is 5.91 Å². The lowest BCUT2D eigenvalue weighted by atomic mass is 9.87. The molecule has 1 saturated heterocycles. The van der Waals surface area contributed by atoms with Crippen molar-refractivity contribution in [3.63, 3.8) is 0 Å². The summed E-state index contributed by atoms with van der Waals surface area (Å²) >= 11 is 0. The first-order chi connectivity index (χ1) is 11.8. The number of halogens is 1. The first kappa shape index (κ1) is 18.4. The predicted molar refractivity (Wildman–Crippen MR) is 85.8 cm³/mol. The van der Waals surface area contributed by atoms with Crippen LogP contribution in [0.4, 0.5) is 14.0 Å². The molecule has 0 bridgehead atoms. The van der Waals surface area contributed by atoms with Gasteiger partial charge in [0.1, 0.15) is 17.9 Å². The van der Waals surface area contributed by atoms with E-state index in [1.54, 1.807) is 13.8 Å². The molecule has 0 spiro atoms. The van der Waals surface area contributed by atoms with E-state index in [0.29, 0.717) is 12.1 Å². The smallest absolute Gasteiger partial charge is 0.325 e. The van der Waals surface area contributed by atoms with Crippen molar-refractivity contribution >= 4 is 23.9 Å². The van der Waals surface area contributed by atoms with Gasteiger partial charge in [-0.25, -0.2) is 14.0 Å². The number of rotatable bonds is 5. The topological polar surface area (TPSA) is 108 Å². The first-order valence-corrected chi connectivity index (χ1v) is 7.82. The number of carbonyl (C=O) groups is 4. The number of nitrogens with one attached hydrogen (secondary N) is 3. The van der Waals surface area contributed by atoms with E-state index in [2.05, 4.69) is 10.6 Å². The summed E-state index contributed by atoms with van der Waals surface area (Å²) in [6.07, 6.45) is 0.220. The summed E-state index contributed by atoms with van der Waals surface area (Å²) in [5.74, 6) is -1.89. The highest BCUT2D eigenvalue weighted by Gasteiger charge is 2.51. The van der Waals surface area contributed by atoms with Crippen molar-refractivity contribution < 1.29 is 23.6 Å². The fraction of sp³-hybridized carbons (Fsp3) is 0.375. The van der Waals surface area contributed by atoms with Crippen LogP contribution in [0.1, 0.15) is 25.8 Å². The van der Waals surface area contributed by atoms with Crippen LogP contribution in [0, 0.1) is 5.82 Å². The van der Waals surface area contributed by atoms with E-state index >= 15 is 0 Å². The third-order valence-corrected chi connectivity index (χ3v) is 3.94. The highest BCUT2D eigenvalue weighted by Crippen LogP contribution is 2.32. The van der Waals surface area contributed by atoms with Crippen LogP contribution < -0.4 is 16.0 Å². The molecule has 1 aromatic rings. The minimum Gasteiger partial charge on any atom is -0.338 e. The minimum absolute atomic E-state index is 0.220. The molecule has 1 atom stereocenters. The molecule has 3 N–H and O–H groups in total. The zero-order valence-corrected chi connectivity index (χ0v) is 13.9. The van der Waals surface area contributed by atoms with Crippen molar-refractivity contribution in [3.8, 4) is 0 Å². The Bertz CT molecular complexity index is 707. The molecule has 1 unspecified atom stereocenters. The van der Waals surface area contributed by atoms with Crippen LogP contribution in [0.5, 0.6) is 0 Å². The van der Waals surface area contributed by atoms with Gasteiger partial charge in [-0.15, -0.1) is 0 Å². The minimum atomic E-state index is -1.36. The molecule has 1 fully saturated rings. The maximum Gasteiger partial charge on any atom is 0.325 e. The number of urea groups is 2. The first-order valence-electron chi connectivity index (χ1n) is 7.82. The number of amides is 6. The van der Waals surface area contributed by atoms with Crippen molar-refractivity contribution in [1.82, 2.24) is 20.9 Å². The highest BCUT2D eigenvalue weighted by molar-refractivity contribution is 6.10. The molecule has 0 radical (unpaired) electrons. The second-order valence-electron chi connectivity index (χ2n) is 5.49. The van der Waals surface area contributed by atoms with Gasteiger partial charge >= 0.3 is 12.1 Å². The lowest BCUT2D eigenvalue weighted by Crippen LogP contribution is -2.47. The molecule has 0 saturated carbocycles. The van der Waals surface area contributed by atoms with E-state index in [1.165, 1.54) is 24.3 Å². The van der Waals surface area contributed by atoms with E-state index in [9.17, 15) is 23.6 Å². The van der Waals surface area contributed by atoms with Gasteiger partial charge in [0.05, 0.1) is 0 Å². The average molecular weight is 350 g/mol. The lowest BCUT2D eigenvalue weighted by molar-refractivity contribution is -0.135. The summed E-state index contributed by atoms with van der Waals surface area (Å²) in [5.41, 5.74) is -0.946. The average Bonchev–Trinajstić information content (AvgIpc) is 2.80. The molecule has 0 aliphatic carbocycles. The quantitative estimate of drug-likeness (QED) is 0.684. The highest BCUT2D eigenvalue weighted by atomic mass is 19.1. The van der Waals surface area contributed by atoms with Crippen LogP contribution in [-0.4, -0.2) is 41.9 Å². The fourth-order valence-electron chi connectivity index (χ4n) is 2.66. The summed E-state index contributed by atoms with van der Waals surface area (Å²) in [7, 11) is 0. The van der Waals surface area contributed by atoms with E-state index in [-0.39, 0.29) is 6.42 Å². The van der Waals surface area contributed by atoms with E-state index in [1.807, 2.05) is 5.32 Å². The van der Waals surface area contributed by atoms with Crippen LogP contribution in [0.2, 0.25) is 0 Å². The monoisotopic (exact) mass is 350 g/mol. The summed E-state index contributed by atoms with van der Waals surface area (Å²) < 4.78 is 13.1. The Morgan fingerprint density at radius 3 is 2.40 bits per heavy atom. The molecule has 1 aliphatic rings. The molecule has 0 aromatic heterocycles. The maximum atomic E-state index is 13.1. The standard InChI is InChI=1S/C16H19FN4O4/c1-3-16(10-5-7-11(17)8-6-10)13(23)21(15(25)20-16)9-12(22)19-14(24)18-4-2/h5-8H,3-4,9H2,1-2H3,(H,20,25)(H2,18,19,22,24). The van der Waals surface area contributed by atoms with E-state index in [4.69, 9.17) is 0 Å². The van der Waals surface area contributed by atoms with Gasteiger partial charge in [0, 0.05) is 6.54 Å². The van der Waals surface area contributed by atoms with Crippen molar-refractivity contribution in [1.29, 1.82) is 0 Å².